The normalized spacial score (nSPS) is 27.1. The molecule has 0 aliphatic heterocycles. The zero-order valence-corrected chi connectivity index (χ0v) is 10.5. The van der Waals surface area contributed by atoms with Crippen molar-refractivity contribution < 1.29 is 25.8 Å². The van der Waals surface area contributed by atoms with Crippen molar-refractivity contribution in [3.8, 4) is 0 Å². The van der Waals surface area contributed by atoms with Crippen LogP contribution in [0.4, 0.5) is 13.2 Å². The third kappa shape index (κ3) is 4.13. The number of hydrogen-bond acceptors (Lipinski definition) is 3. The van der Waals surface area contributed by atoms with E-state index in [-0.39, 0.29) is 0 Å². The highest BCUT2D eigenvalue weighted by Gasteiger charge is 2.48. The van der Waals surface area contributed by atoms with Gasteiger partial charge in [-0.1, -0.05) is 19.8 Å². The van der Waals surface area contributed by atoms with Crippen LogP contribution in [-0.4, -0.2) is 20.0 Å². The maximum Gasteiger partial charge on any atom is 0.523 e. The molecule has 0 N–H and O–H groups in total. The minimum absolute atomic E-state index is 0.389. The van der Waals surface area contributed by atoms with Crippen molar-refractivity contribution in [2.75, 3.05) is 0 Å². The summed E-state index contributed by atoms with van der Waals surface area (Å²) in [6.07, 6.45) is 3.53. The second-order valence-electron chi connectivity index (χ2n) is 4.43. The average molecular weight is 274 g/mol. The first-order chi connectivity index (χ1) is 7.76. The van der Waals surface area contributed by atoms with Crippen LogP contribution >= 0.6 is 0 Å². The molecule has 0 bridgehead atoms. The molecule has 1 aliphatic rings. The van der Waals surface area contributed by atoms with Gasteiger partial charge in [-0.15, -0.1) is 0 Å². The van der Waals surface area contributed by atoms with Crippen molar-refractivity contribution in [3.05, 3.63) is 0 Å². The van der Waals surface area contributed by atoms with Gasteiger partial charge in [0.15, 0.2) is 0 Å². The highest BCUT2D eigenvalue weighted by atomic mass is 32.2. The van der Waals surface area contributed by atoms with Gasteiger partial charge < -0.3 is 0 Å². The van der Waals surface area contributed by atoms with Crippen LogP contribution < -0.4 is 0 Å². The molecule has 1 rings (SSSR count). The largest absolute Gasteiger partial charge is 0.523 e. The molecule has 1 aliphatic carbocycles. The Kier molecular flexibility index (Phi) is 4.83. The Morgan fingerprint density at radius 1 is 1.18 bits per heavy atom. The summed E-state index contributed by atoms with van der Waals surface area (Å²) in [5.74, 6) is 0.494. The Balaban J connectivity index is 2.46. The molecule has 0 aromatic rings. The van der Waals surface area contributed by atoms with E-state index >= 15 is 0 Å². The SMILES string of the molecule is CCCC1CCC(OS(=O)(=O)C(F)(F)F)CC1. The summed E-state index contributed by atoms with van der Waals surface area (Å²) >= 11 is 0. The van der Waals surface area contributed by atoms with E-state index in [0.717, 1.165) is 25.7 Å². The van der Waals surface area contributed by atoms with Gasteiger partial charge in [0, 0.05) is 0 Å². The standard InChI is InChI=1S/C10H17F3O3S/c1-2-3-8-4-6-9(7-5-8)16-17(14,15)10(11,12)13/h8-9H,2-7H2,1H3. The van der Waals surface area contributed by atoms with Crippen LogP contribution in [0.25, 0.3) is 0 Å². The molecule has 3 nitrogen and oxygen atoms in total. The van der Waals surface area contributed by atoms with E-state index in [1.807, 2.05) is 0 Å². The summed E-state index contributed by atoms with van der Waals surface area (Å²) in [4.78, 5) is 0. The summed E-state index contributed by atoms with van der Waals surface area (Å²) in [5.41, 5.74) is -5.31. The first-order valence-electron chi connectivity index (χ1n) is 5.76. The monoisotopic (exact) mass is 274 g/mol. The lowest BCUT2D eigenvalue weighted by molar-refractivity contribution is -0.0590. The molecule has 0 heterocycles. The fourth-order valence-electron chi connectivity index (χ4n) is 2.16. The summed E-state index contributed by atoms with van der Waals surface area (Å²) in [7, 11) is -5.43. The Morgan fingerprint density at radius 2 is 1.71 bits per heavy atom. The molecule has 1 saturated carbocycles. The van der Waals surface area contributed by atoms with Gasteiger partial charge in [-0.3, -0.25) is 4.18 Å². The molecule has 0 saturated heterocycles. The smallest absolute Gasteiger partial charge is 0.260 e. The quantitative estimate of drug-likeness (QED) is 0.584. The van der Waals surface area contributed by atoms with Crippen LogP contribution in [0.5, 0.6) is 0 Å². The Morgan fingerprint density at radius 3 is 2.12 bits per heavy atom. The molecule has 0 atom stereocenters. The van der Waals surface area contributed by atoms with Gasteiger partial charge >= 0.3 is 15.6 Å². The van der Waals surface area contributed by atoms with Crippen LogP contribution in [0, 0.1) is 5.92 Å². The highest BCUT2D eigenvalue weighted by molar-refractivity contribution is 7.87. The lowest BCUT2D eigenvalue weighted by Gasteiger charge is -2.27. The minimum Gasteiger partial charge on any atom is -0.260 e. The van der Waals surface area contributed by atoms with Gasteiger partial charge in [0.05, 0.1) is 6.10 Å². The van der Waals surface area contributed by atoms with Gasteiger partial charge in [0.2, 0.25) is 0 Å². The first kappa shape index (κ1) is 14.8. The van der Waals surface area contributed by atoms with Crippen LogP contribution in [-0.2, 0) is 14.3 Å². The maximum atomic E-state index is 12.1. The minimum atomic E-state index is -5.43. The van der Waals surface area contributed by atoms with Crippen molar-refractivity contribution >= 4 is 10.1 Å². The molecular weight excluding hydrogens is 257 g/mol. The van der Waals surface area contributed by atoms with E-state index in [9.17, 15) is 21.6 Å². The van der Waals surface area contributed by atoms with Crippen molar-refractivity contribution in [2.24, 2.45) is 5.92 Å². The molecule has 102 valence electrons. The lowest BCUT2D eigenvalue weighted by atomic mass is 9.85. The summed E-state index contributed by atoms with van der Waals surface area (Å²) in [6, 6.07) is 0. The van der Waals surface area contributed by atoms with Crippen molar-refractivity contribution in [2.45, 2.75) is 57.1 Å². The van der Waals surface area contributed by atoms with E-state index < -0.39 is 21.7 Å². The molecular formula is C10H17F3O3S. The predicted molar refractivity (Wildman–Crippen MR) is 56.7 cm³/mol. The molecule has 0 unspecified atom stereocenters. The van der Waals surface area contributed by atoms with Gasteiger partial charge in [0.25, 0.3) is 0 Å². The van der Waals surface area contributed by atoms with E-state index in [4.69, 9.17) is 0 Å². The molecule has 7 heteroatoms. The average Bonchev–Trinajstić information content (AvgIpc) is 2.19. The van der Waals surface area contributed by atoms with E-state index in [2.05, 4.69) is 11.1 Å². The lowest BCUT2D eigenvalue weighted by Crippen LogP contribution is -2.32. The predicted octanol–water partition coefficient (Wildman–Crippen LogP) is 3.21. The highest BCUT2D eigenvalue weighted by Crippen LogP contribution is 2.33. The summed E-state index contributed by atoms with van der Waals surface area (Å²) in [5, 5.41) is 0. The third-order valence-electron chi connectivity index (χ3n) is 3.04. The number of alkyl halides is 3. The van der Waals surface area contributed by atoms with Crippen molar-refractivity contribution in [3.63, 3.8) is 0 Å². The van der Waals surface area contributed by atoms with Gasteiger partial charge in [-0.2, -0.15) is 21.6 Å². The van der Waals surface area contributed by atoms with Gasteiger partial charge in [0.1, 0.15) is 0 Å². The number of rotatable bonds is 4. The topological polar surface area (TPSA) is 43.4 Å². The molecule has 0 radical (unpaired) electrons. The summed E-state index contributed by atoms with van der Waals surface area (Å²) in [6.45, 7) is 2.05. The molecule has 0 amide bonds. The first-order valence-corrected chi connectivity index (χ1v) is 7.16. The fourth-order valence-corrected chi connectivity index (χ4v) is 2.82. The third-order valence-corrected chi connectivity index (χ3v) is 4.13. The van der Waals surface area contributed by atoms with Crippen LogP contribution in [0.2, 0.25) is 0 Å². The second kappa shape index (κ2) is 5.56. The van der Waals surface area contributed by atoms with E-state index in [1.165, 1.54) is 0 Å². The molecule has 0 aromatic heterocycles. The Bertz CT molecular complexity index is 329. The van der Waals surface area contributed by atoms with Gasteiger partial charge in [-0.25, -0.2) is 0 Å². The van der Waals surface area contributed by atoms with Crippen molar-refractivity contribution in [1.82, 2.24) is 0 Å². The molecule has 0 aromatic carbocycles. The zero-order valence-electron chi connectivity index (χ0n) is 9.66. The molecule has 1 fully saturated rings. The zero-order chi connectivity index (χ0) is 13.1. The number of hydrogen-bond donors (Lipinski definition) is 0. The fraction of sp³-hybridized carbons (Fsp3) is 1.00. The Hall–Kier alpha value is -0.300. The second-order valence-corrected chi connectivity index (χ2v) is 5.99. The maximum absolute atomic E-state index is 12.1. The van der Waals surface area contributed by atoms with Crippen LogP contribution in [0.15, 0.2) is 0 Å². The van der Waals surface area contributed by atoms with Crippen molar-refractivity contribution in [1.29, 1.82) is 0 Å². The molecule has 0 spiro atoms. The van der Waals surface area contributed by atoms with Crippen LogP contribution in [0.1, 0.15) is 45.4 Å². The van der Waals surface area contributed by atoms with E-state index in [1.54, 1.807) is 0 Å². The van der Waals surface area contributed by atoms with E-state index in [0.29, 0.717) is 18.8 Å². The Labute approximate surface area is 99.5 Å². The summed E-state index contributed by atoms with van der Waals surface area (Å²) < 4.78 is 62.0. The molecule has 17 heavy (non-hydrogen) atoms. The van der Waals surface area contributed by atoms with Crippen LogP contribution in [0.3, 0.4) is 0 Å². The number of halogens is 3. The van der Waals surface area contributed by atoms with Gasteiger partial charge in [-0.05, 0) is 31.6 Å².